The molecule has 1 saturated heterocycles. The predicted molar refractivity (Wildman–Crippen MR) is 181 cm³/mol. The summed E-state index contributed by atoms with van der Waals surface area (Å²) in [6.45, 7) is 12.1. The van der Waals surface area contributed by atoms with Gasteiger partial charge in [0.1, 0.15) is 5.01 Å². The third-order valence-electron chi connectivity index (χ3n) is 8.35. The Hall–Kier alpha value is -3.81. The highest BCUT2D eigenvalue weighted by molar-refractivity contribution is 7.13. The summed E-state index contributed by atoms with van der Waals surface area (Å²) in [5.41, 5.74) is 5.41. The number of carbonyl (C=O) groups is 2. The number of likely N-dealkylation sites (tertiary alicyclic amines) is 1. The van der Waals surface area contributed by atoms with Crippen molar-refractivity contribution in [1.82, 2.24) is 14.5 Å². The smallest absolute Gasteiger partial charge is 0.265 e. The third-order valence-corrected chi connectivity index (χ3v) is 9.47. The molecule has 0 radical (unpaired) electrons. The first-order valence-corrected chi connectivity index (χ1v) is 16.4. The normalized spacial score (nSPS) is 14.5. The first-order chi connectivity index (χ1) is 21.0. The maximum absolute atomic E-state index is 14.7. The number of hydrogen-bond donors (Lipinski definition) is 0. The van der Waals surface area contributed by atoms with Crippen molar-refractivity contribution in [3.63, 3.8) is 0 Å². The Morgan fingerprint density at radius 1 is 1.05 bits per heavy atom. The highest BCUT2D eigenvalue weighted by Gasteiger charge is 2.41. The lowest BCUT2D eigenvalue weighted by molar-refractivity contribution is -0.130. The van der Waals surface area contributed by atoms with Crippen molar-refractivity contribution in [2.45, 2.75) is 72.8 Å². The van der Waals surface area contributed by atoms with Crippen molar-refractivity contribution >= 4 is 40.7 Å². The molecule has 3 heterocycles. The van der Waals surface area contributed by atoms with E-state index < -0.39 is 5.54 Å². The Morgan fingerprint density at radius 3 is 2.32 bits per heavy atom. The van der Waals surface area contributed by atoms with Crippen LogP contribution >= 0.6 is 22.9 Å². The molecule has 228 valence electrons. The van der Waals surface area contributed by atoms with E-state index in [0.717, 1.165) is 33.6 Å². The Bertz CT molecular complexity index is 1810. The number of halogens is 1. The minimum Gasteiger partial charge on any atom is -0.326 e. The van der Waals surface area contributed by atoms with Gasteiger partial charge in [-0.25, -0.2) is 4.98 Å². The number of benzene rings is 2. The second kappa shape index (κ2) is 12.7. The van der Waals surface area contributed by atoms with E-state index in [0.29, 0.717) is 59.1 Å². The summed E-state index contributed by atoms with van der Waals surface area (Å²) in [6, 6.07) is 15.2. The van der Waals surface area contributed by atoms with Crippen LogP contribution in [0, 0.1) is 0 Å². The molecular formula is C36H38ClN3O3S. The van der Waals surface area contributed by atoms with E-state index in [2.05, 4.69) is 13.8 Å². The Morgan fingerprint density at radius 2 is 1.70 bits per heavy atom. The van der Waals surface area contributed by atoms with Gasteiger partial charge in [-0.05, 0) is 82.4 Å². The van der Waals surface area contributed by atoms with Gasteiger partial charge in [-0.2, -0.15) is 0 Å². The zero-order chi connectivity index (χ0) is 31.8. The molecule has 6 nitrogen and oxygen atoms in total. The van der Waals surface area contributed by atoms with Crippen molar-refractivity contribution in [3.05, 3.63) is 97.2 Å². The number of allylic oxidation sites excluding steroid dienone is 1. The average molecular weight is 628 g/mol. The fourth-order valence-electron chi connectivity index (χ4n) is 5.88. The summed E-state index contributed by atoms with van der Waals surface area (Å²) in [7, 11) is 0. The Balaban J connectivity index is 1.85. The summed E-state index contributed by atoms with van der Waals surface area (Å²) in [6.07, 6.45) is 4.38. The van der Waals surface area contributed by atoms with E-state index in [1.165, 1.54) is 11.3 Å². The number of rotatable bonds is 7. The molecule has 1 aliphatic heterocycles. The summed E-state index contributed by atoms with van der Waals surface area (Å²) < 4.78 is 1.72. The number of thiazole rings is 1. The first kappa shape index (κ1) is 31.6. The van der Waals surface area contributed by atoms with Crippen LogP contribution in [0.15, 0.2) is 64.3 Å². The summed E-state index contributed by atoms with van der Waals surface area (Å²) in [5.74, 6) is -0.237. The summed E-state index contributed by atoms with van der Waals surface area (Å²) in [5, 5.41) is 3.07. The number of nitrogens with zero attached hydrogens (tertiary/aromatic N) is 3. The van der Waals surface area contributed by atoms with E-state index in [1.54, 1.807) is 15.5 Å². The fraction of sp³-hybridized carbons (Fsp3) is 0.333. The van der Waals surface area contributed by atoms with Gasteiger partial charge >= 0.3 is 0 Å². The number of amides is 1. The molecule has 2 aromatic carbocycles. The lowest BCUT2D eigenvalue weighted by atomic mass is 9.88. The van der Waals surface area contributed by atoms with E-state index in [9.17, 15) is 14.4 Å². The molecule has 1 fully saturated rings. The van der Waals surface area contributed by atoms with Gasteiger partial charge < -0.3 is 4.90 Å². The maximum Gasteiger partial charge on any atom is 0.265 e. The van der Waals surface area contributed by atoms with Crippen LogP contribution < -0.4 is 5.56 Å². The van der Waals surface area contributed by atoms with Gasteiger partial charge in [-0.3, -0.25) is 19.0 Å². The maximum atomic E-state index is 14.7. The third kappa shape index (κ3) is 5.83. The lowest BCUT2D eigenvalue weighted by Crippen LogP contribution is -2.56. The predicted octanol–water partition coefficient (Wildman–Crippen LogP) is 8.41. The van der Waals surface area contributed by atoms with Gasteiger partial charge in [0.15, 0.2) is 5.78 Å². The quantitative estimate of drug-likeness (QED) is 0.206. The van der Waals surface area contributed by atoms with Crippen LogP contribution in [0.5, 0.6) is 0 Å². The van der Waals surface area contributed by atoms with Crippen LogP contribution in [0.3, 0.4) is 0 Å². The molecule has 1 aliphatic rings. The zero-order valence-corrected chi connectivity index (χ0v) is 27.7. The molecule has 5 rings (SSSR count). The lowest BCUT2D eigenvalue weighted by Gasteiger charge is -2.41. The molecule has 8 heteroatoms. The molecule has 0 N–H and O–H groups in total. The van der Waals surface area contributed by atoms with Gasteiger partial charge in [0, 0.05) is 28.9 Å². The number of aromatic nitrogens is 2. The number of piperidine rings is 1. The minimum atomic E-state index is -0.961. The van der Waals surface area contributed by atoms with Crippen LogP contribution in [0.25, 0.3) is 33.6 Å². The number of aryl methyl sites for hydroxylation is 2. The SMILES string of the molecule is CCc1cccc(CC)c1-n1c(C=C(C)C)c(C(=O)N2CCCC(=O)C2(C)C)cc(-c2nc(-c3ccc(Cl)cc3)cs2)c1=O. The molecule has 2 aromatic heterocycles. The number of ketones is 1. The number of hydrogen-bond acceptors (Lipinski definition) is 5. The first-order valence-electron chi connectivity index (χ1n) is 15.1. The van der Waals surface area contributed by atoms with Crippen molar-refractivity contribution in [2.75, 3.05) is 6.54 Å². The van der Waals surface area contributed by atoms with Gasteiger partial charge in [0.2, 0.25) is 0 Å². The molecule has 4 aromatic rings. The van der Waals surface area contributed by atoms with Gasteiger partial charge in [-0.15, -0.1) is 11.3 Å². The minimum absolute atomic E-state index is 0.0338. The van der Waals surface area contributed by atoms with Crippen molar-refractivity contribution in [2.24, 2.45) is 0 Å². The van der Waals surface area contributed by atoms with Gasteiger partial charge in [0.25, 0.3) is 11.5 Å². The van der Waals surface area contributed by atoms with E-state index in [1.807, 2.05) is 81.6 Å². The van der Waals surface area contributed by atoms with Crippen LogP contribution in [-0.4, -0.2) is 38.2 Å². The van der Waals surface area contributed by atoms with Crippen LogP contribution in [0.4, 0.5) is 0 Å². The van der Waals surface area contributed by atoms with E-state index in [-0.39, 0.29) is 17.2 Å². The van der Waals surface area contributed by atoms with Crippen LogP contribution in [-0.2, 0) is 17.6 Å². The van der Waals surface area contributed by atoms with Crippen LogP contribution in [0.1, 0.15) is 81.6 Å². The van der Waals surface area contributed by atoms with Crippen molar-refractivity contribution in [1.29, 1.82) is 0 Å². The van der Waals surface area contributed by atoms with Crippen molar-refractivity contribution in [3.8, 4) is 27.5 Å². The van der Waals surface area contributed by atoms with Gasteiger partial charge in [0.05, 0.1) is 33.7 Å². The molecule has 44 heavy (non-hydrogen) atoms. The zero-order valence-electron chi connectivity index (χ0n) is 26.2. The molecular weight excluding hydrogens is 590 g/mol. The molecule has 0 aliphatic carbocycles. The number of carbonyl (C=O) groups excluding carboxylic acids is 2. The highest BCUT2D eigenvalue weighted by Crippen LogP contribution is 2.34. The topological polar surface area (TPSA) is 72.3 Å². The summed E-state index contributed by atoms with van der Waals surface area (Å²) in [4.78, 5) is 48.9. The molecule has 0 spiro atoms. The number of Topliss-reactive ketones (excluding diaryl/α,β-unsaturated/α-hetero) is 1. The molecule has 1 amide bonds. The number of para-hydroxylation sites is 1. The molecule has 0 atom stereocenters. The second-order valence-corrected chi connectivity index (χ2v) is 13.2. The fourth-order valence-corrected chi connectivity index (χ4v) is 6.84. The highest BCUT2D eigenvalue weighted by atomic mass is 35.5. The monoisotopic (exact) mass is 627 g/mol. The number of pyridine rings is 1. The molecule has 0 bridgehead atoms. The Kier molecular flexibility index (Phi) is 9.10. The molecule has 0 unspecified atom stereocenters. The average Bonchev–Trinajstić information content (AvgIpc) is 3.48. The Labute approximate surface area is 268 Å². The molecule has 0 saturated carbocycles. The van der Waals surface area contributed by atoms with E-state index >= 15 is 0 Å². The summed E-state index contributed by atoms with van der Waals surface area (Å²) >= 11 is 7.48. The largest absolute Gasteiger partial charge is 0.326 e. The standard InChI is InChI=1S/C36H38ClN3O3S/c1-7-23-11-9-12-24(8-2)32(23)40-30(19-22(3)4)27(34(42)39-18-10-13-31(41)36(39,5)6)20-28(35(40)43)33-38-29(21-44-33)25-14-16-26(37)17-15-25/h9,11-12,14-17,19-21H,7-8,10,13,18H2,1-6H3. The second-order valence-electron chi connectivity index (χ2n) is 11.9. The van der Waals surface area contributed by atoms with Crippen molar-refractivity contribution < 1.29 is 9.59 Å². The van der Waals surface area contributed by atoms with Crippen LogP contribution in [0.2, 0.25) is 5.02 Å². The van der Waals surface area contributed by atoms with E-state index in [4.69, 9.17) is 16.6 Å². The van der Waals surface area contributed by atoms with Gasteiger partial charge in [-0.1, -0.05) is 61.4 Å².